The lowest BCUT2D eigenvalue weighted by Gasteiger charge is -2.08. The molecule has 1 aromatic rings. The van der Waals surface area contributed by atoms with Crippen LogP contribution in [0.4, 0.5) is 4.79 Å². The van der Waals surface area contributed by atoms with Crippen molar-refractivity contribution in [2.75, 3.05) is 6.61 Å². The fraction of sp³-hybridized carbons (Fsp3) is 0.500. The number of rotatable bonds is 9. The van der Waals surface area contributed by atoms with Gasteiger partial charge in [-0.3, -0.25) is 4.89 Å². The SMILES string of the molecule is CCCCOc1ccc(C(=O)OOOC(=O)OC(C)CC)cc1. The van der Waals surface area contributed by atoms with Crippen molar-refractivity contribution >= 4 is 12.1 Å². The quantitative estimate of drug-likeness (QED) is 0.295. The zero-order valence-corrected chi connectivity index (χ0v) is 13.6. The lowest BCUT2D eigenvalue weighted by molar-refractivity contribution is -0.452. The third-order valence-corrected chi connectivity index (χ3v) is 2.94. The van der Waals surface area contributed by atoms with Crippen LogP contribution in [0.25, 0.3) is 0 Å². The first-order valence-corrected chi connectivity index (χ1v) is 7.55. The summed E-state index contributed by atoms with van der Waals surface area (Å²) in [5.74, 6) is -0.147. The van der Waals surface area contributed by atoms with Gasteiger partial charge in [0.25, 0.3) is 0 Å². The Kier molecular flexibility index (Phi) is 8.52. The molecule has 1 unspecified atom stereocenters. The zero-order valence-electron chi connectivity index (χ0n) is 13.6. The summed E-state index contributed by atoms with van der Waals surface area (Å²) >= 11 is 0. The van der Waals surface area contributed by atoms with E-state index in [1.807, 2.05) is 6.92 Å². The summed E-state index contributed by atoms with van der Waals surface area (Å²) in [6.45, 7) is 6.23. The van der Waals surface area contributed by atoms with Crippen molar-refractivity contribution in [2.45, 2.75) is 46.1 Å². The fourth-order valence-electron chi connectivity index (χ4n) is 1.41. The van der Waals surface area contributed by atoms with Gasteiger partial charge in [-0.1, -0.05) is 20.3 Å². The summed E-state index contributed by atoms with van der Waals surface area (Å²) < 4.78 is 10.2. The van der Waals surface area contributed by atoms with E-state index in [1.165, 1.54) is 12.1 Å². The van der Waals surface area contributed by atoms with E-state index < -0.39 is 12.1 Å². The minimum Gasteiger partial charge on any atom is -0.494 e. The predicted molar refractivity (Wildman–Crippen MR) is 80.7 cm³/mol. The average molecular weight is 326 g/mol. The fourth-order valence-corrected chi connectivity index (χ4v) is 1.41. The molecule has 0 aromatic heterocycles. The Morgan fingerprint density at radius 1 is 1.09 bits per heavy atom. The molecule has 1 rings (SSSR count). The molecule has 0 spiro atoms. The van der Waals surface area contributed by atoms with E-state index in [0.29, 0.717) is 18.8 Å². The van der Waals surface area contributed by atoms with E-state index in [1.54, 1.807) is 19.1 Å². The first-order valence-electron chi connectivity index (χ1n) is 7.55. The van der Waals surface area contributed by atoms with E-state index in [-0.39, 0.29) is 11.7 Å². The Labute approximate surface area is 135 Å². The van der Waals surface area contributed by atoms with Crippen LogP contribution in [0.3, 0.4) is 0 Å². The maximum Gasteiger partial charge on any atom is 0.543 e. The second-order valence-corrected chi connectivity index (χ2v) is 4.84. The molecule has 0 amide bonds. The third kappa shape index (κ3) is 7.51. The Bertz CT molecular complexity index is 484. The van der Waals surface area contributed by atoms with Gasteiger partial charge in [0.1, 0.15) is 11.9 Å². The van der Waals surface area contributed by atoms with Gasteiger partial charge in [-0.2, -0.15) is 0 Å². The van der Waals surface area contributed by atoms with Crippen molar-refractivity contribution in [3.63, 3.8) is 0 Å². The first-order chi connectivity index (χ1) is 11.1. The molecule has 7 heteroatoms. The number of benzene rings is 1. The Morgan fingerprint density at radius 3 is 2.39 bits per heavy atom. The van der Waals surface area contributed by atoms with Crippen LogP contribution in [0.1, 0.15) is 50.4 Å². The number of ether oxygens (including phenoxy) is 2. The first kappa shape index (κ1) is 18.8. The molecule has 0 aliphatic rings. The van der Waals surface area contributed by atoms with Crippen molar-refractivity contribution in [1.82, 2.24) is 0 Å². The summed E-state index contributed by atoms with van der Waals surface area (Å²) in [6, 6.07) is 6.32. The molecular weight excluding hydrogens is 304 g/mol. The minimum absolute atomic E-state index is 0.228. The van der Waals surface area contributed by atoms with Gasteiger partial charge in [0.15, 0.2) is 0 Å². The molecule has 23 heavy (non-hydrogen) atoms. The van der Waals surface area contributed by atoms with Gasteiger partial charge in [-0.25, -0.2) is 14.5 Å². The van der Waals surface area contributed by atoms with E-state index in [4.69, 9.17) is 9.47 Å². The van der Waals surface area contributed by atoms with Crippen molar-refractivity contribution in [3.05, 3.63) is 29.8 Å². The Morgan fingerprint density at radius 2 is 1.78 bits per heavy atom. The van der Waals surface area contributed by atoms with Crippen LogP contribution < -0.4 is 4.74 Å². The highest BCUT2D eigenvalue weighted by Gasteiger charge is 2.14. The standard InChI is InChI=1S/C16H22O7/c1-4-6-11-19-14-9-7-13(8-10-14)15(17)21-23-22-16(18)20-12(3)5-2/h7-10,12H,4-6,11H2,1-3H3. The highest BCUT2D eigenvalue weighted by molar-refractivity contribution is 5.89. The number of hydrogen-bond acceptors (Lipinski definition) is 7. The van der Waals surface area contributed by atoms with Gasteiger partial charge in [0, 0.05) is 0 Å². The number of unbranched alkanes of at least 4 members (excludes halogenated alkanes) is 1. The van der Waals surface area contributed by atoms with Crippen LogP contribution in [0.15, 0.2) is 24.3 Å². The molecule has 0 saturated carbocycles. The Hall–Kier alpha value is -2.28. The Balaban J connectivity index is 2.33. The number of carbonyl (C=O) groups excluding carboxylic acids is 2. The maximum atomic E-state index is 11.7. The van der Waals surface area contributed by atoms with E-state index in [2.05, 4.69) is 21.7 Å². The summed E-state index contributed by atoms with van der Waals surface area (Å²) in [7, 11) is 0. The molecule has 0 aliphatic heterocycles. The largest absolute Gasteiger partial charge is 0.543 e. The van der Waals surface area contributed by atoms with Crippen LogP contribution in [0.5, 0.6) is 5.75 Å². The molecule has 0 bridgehead atoms. The maximum absolute atomic E-state index is 11.7. The monoisotopic (exact) mass is 326 g/mol. The van der Waals surface area contributed by atoms with E-state index in [0.717, 1.165) is 12.8 Å². The second kappa shape index (κ2) is 10.4. The number of hydrogen-bond donors (Lipinski definition) is 0. The predicted octanol–water partition coefficient (Wildman–Crippen LogP) is 3.82. The van der Waals surface area contributed by atoms with Crippen molar-refractivity contribution in [3.8, 4) is 5.75 Å². The zero-order chi connectivity index (χ0) is 17.1. The van der Waals surface area contributed by atoms with Gasteiger partial charge >= 0.3 is 12.1 Å². The van der Waals surface area contributed by atoms with Gasteiger partial charge in [0.2, 0.25) is 0 Å². The van der Waals surface area contributed by atoms with E-state index in [9.17, 15) is 9.59 Å². The molecule has 0 radical (unpaired) electrons. The van der Waals surface area contributed by atoms with Gasteiger partial charge < -0.3 is 9.47 Å². The van der Waals surface area contributed by atoms with Crippen molar-refractivity contribution in [2.24, 2.45) is 0 Å². The van der Waals surface area contributed by atoms with Crippen LogP contribution in [0, 0.1) is 0 Å². The molecule has 0 heterocycles. The summed E-state index contributed by atoms with van der Waals surface area (Å²) in [4.78, 5) is 31.3. The molecule has 128 valence electrons. The highest BCUT2D eigenvalue weighted by Crippen LogP contribution is 2.13. The van der Waals surface area contributed by atoms with Crippen molar-refractivity contribution in [1.29, 1.82) is 0 Å². The minimum atomic E-state index is -1.08. The molecule has 7 nitrogen and oxygen atoms in total. The molecule has 1 aromatic carbocycles. The lowest BCUT2D eigenvalue weighted by Crippen LogP contribution is -2.16. The van der Waals surface area contributed by atoms with Crippen LogP contribution >= 0.6 is 0 Å². The van der Waals surface area contributed by atoms with Crippen LogP contribution in [-0.4, -0.2) is 24.8 Å². The molecule has 0 N–H and O–H groups in total. The van der Waals surface area contributed by atoms with Crippen molar-refractivity contribution < 1.29 is 33.9 Å². The topological polar surface area (TPSA) is 80.3 Å². The third-order valence-electron chi connectivity index (χ3n) is 2.94. The molecular formula is C16H22O7. The molecule has 1 atom stereocenters. The molecule has 0 saturated heterocycles. The number of carbonyl (C=O) groups is 2. The van der Waals surface area contributed by atoms with E-state index >= 15 is 0 Å². The second-order valence-electron chi connectivity index (χ2n) is 4.84. The summed E-state index contributed by atoms with van der Waals surface area (Å²) in [5, 5.41) is 4.11. The highest BCUT2D eigenvalue weighted by atomic mass is 17.5. The smallest absolute Gasteiger partial charge is 0.494 e. The van der Waals surface area contributed by atoms with Crippen LogP contribution in [-0.2, 0) is 19.6 Å². The average Bonchev–Trinajstić information content (AvgIpc) is 2.55. The van der Waals surface area contributed by atoms with Crippen LogP contribution in [0.2, 0.25) is 0 Å². The van der Waals surface area contributed by atoms with Gasteiger partial charge in [-0.05, 0) is 44.0 Å². The normalized spacial score (nSPS) is 11.4. The summed E-state index contributed by atoms with van der Waals surface area (Å²) in [5.41, 5.74) is 0.228. The van der Waals surface area contributed by atoms with Gasteiger partial charge in [-0.15, -0.1) is 0 Å². The van der Waals surface area contributed by atoms with Gasteiger partial charge in [0.05, 0.1) is 17.2 Å². The molecule has 0 aliphatic carbocycles. The lowest BCUT2D eigenvalue weighted by atomic mass is 10.2. The summed E-state index contributed by atoms with van der Waals surface area (Å²) in [6.07, 6.45) is 1.23. The molecule has 0 fully saturated rings.